The number of halogens is 1. The van der Waals surface area contributed by atoms with Gasteiger partial charge in [0.05, 0.1) is 26.4 Å². The zero-order valence-electron chi connectivity index (χ0n) is 45.0. The highest BCUT2D eigenvalue weighted by atomic mass is 32.1. The summed E-state index contributed by atoms with van der Waals surface area (Å²) in [5.74, 6) is -0.209. The molecule has 0 saturated carbocycles. The number of hydrogen-bond donors (Lipinski definition) is 4. The van der Waals surface area contributed by atoms with E-state index < -0.39 is 32.3 Å². The highest BCUT2D eigenvalue weighted by molar-refractivity contribution is 7.28. The molecular weight excluding hydrogens is 984 g/mol. The van der Waals surface area contributed by atoms with Crippen molar-refractivity contribution in [2.24, 2.45) is 0 Å². The molecule has 0 spiro atoms. The molecule has 4 N–H and O–H groups in total. The van der Waals surface area contributed by atoms with Crippen molar-refractivity contribution < 1.29 is 24.8 Å². The smallest absolute Gasteiger partial charge is 0.125 e. The lowest BCUT2D eigenvalue weighted by Crippen LogP contribution is -2.63. The Bertz CT molecular complexity index is 2910. The Morgan fingerprint density at radius 3 is 1.16 bits per heavy atom. The number of benzene rings is 7. The summed E-state index contributed by atoms with van der Waals surface area (Å²) < 4.78 is 14.5. The van der Waals surface area contributed by atoms with Crippen molar-refractivity contribution in [3.63, 3.8) is 0 Å². The van der Waals surface area contributed by atoms with Crippen molar-refractivity contribution in [3.05, 3.63) is 227 Å². The molecule has 0 atom stereocenters. The fourth-order valence-corrected chi connectivity index (χ4v) is 27.5. The standard InChI is InChI=1S/C19H26OSi.C16H20OSi.C15H17FOSi.C13H16OSSi/c1-15(2)21(16(3)4,18-11-6-5-7-12-18)19-13-9-8-10-17(19)14-20;1-13-8-4-6-10-15(13)18(2,3)16-11-7-5-9-14(16)12-17;1-18(2,14-9-7-13(16)8-10-14)15-6-4-3-5-12(15)11-17;1-16(2,13-8-5-9-15-13)12-7-4-3-6-11(12)10-14/h5-13,15-16,20H,14H2,1-4H3;4-11,17H,12H2,1-3H3;3-10,17H,11H2,1-2H3;3-9,14H,10H2,1-2H3. The van der Waals surface area contributed by atoms with Crippen molar-refractivity contribution in [3.8, 4) is 0 Å². The molecule has 0 aliphatic carbocycles. The van der Waals surface area contributed by atoms with Gasteiger partial charge in [-0.05, 0) is 83.0 Å². The molecule has 0 radical (unpaired) electrons. The average molecular weight is 1060 g/mol. The van der Waals surface area contributed by atoms with Crippen molar-refractivity contribution in [1.82, 2.24) is 0 Å². The van der Waals surface area contributed by atoms with Gasteiger partial charge >= 0.3 is 0 Å². The van der Waals surface area contributed by atoms with Crippen LogP contribution in [0, 0.1) is 12.7 Å². The van der Waals surface area contributed by atoms with Crippen LogP contribution in [-0.4, -0.2) is 52.7 Å². The van der Waals surface area contributed by atoms with Crippen LogP contribution in [0.4, 0.5) is 4.39 Å². The lowest BCUT2D eigenvalue weighted by molar-refractivity contribution is 0.282. The second kappa shape index (κ2) is 26.9. The maximum Gasteiger partial charge on any atom is 0.125 e. The van der Waals surface area contributed by atoms with Gasteiger partial charge < -0.3 is 20.4 Å². The van der Waals surface area contributed by atoms with E-state index in [2.05, 4.69) is 195 Å². The van der Waals surface area contributed by atoms with Gasteiger partial charge in [0, 0.05) is 0 Å². The van der Waals surface area contributed by atoms with Gasteiger partial charge in [0.1, 0.15) is 38.1 Å². The van der Waals surface area contributed by atoms with Crippen LogP contribution in [0.5, 0.6) is 0 Å². The predicted molar refractivity (Wildman–Crippen MR) is 323 cm³/mol. The predicted octanol–water partition coefficient (Wildman–Crippen LogP) is 10.1. The largest absolute Gasteiger partial charge is 0.392 e. The Morgan fingerprint density at radius 2 is 0.753 bits per heavy atom. The van der Waals surface area contributed by atoms with E-state index in [1.54, 1.807) is 0 Å². The van der Waals surface area contributed by atoms with Crippen LogP contribution < -0.4 is 40.8 Å². The van der Waals surface area contributed by atoms with Gasteiger partial charge in [-0.3, -0.25) is 0 Å². The molecule has 73 heavy (non-hydrogen) atoms. The summed E-state index contributed by atoms with van der Waals surface area (Å²) in [7, 11) is -7.13. The first kappa shape index (κ1) is 58.8. The minimum Gasteiger partial charge on any atom is -0.392 e. The second-order valence-corrected chi connectivity index (χ2v) is 40.5. The lowest BCUT2D eigenvalue weighted by Gasteiger charge is -2.41. The normalized spacial score (nSPS) is 11.8. The van der Waals surface area contributed by atoms with Crippen LogP contribution in [0.3, 0.4) is 0 Å². The fraction of sp³-hybridized carbons (Fsp3) is 0.270. The van der Waals surface area contributed by atoms with Gasteiger partial charge in [0.25, 0.3) is 0 Å². The first-order valence-electron chi connectivity index (χ1n) is 25.5. The first-order valence-corrected chi connectivity index (χ1v) is 37.6. The monoisotopic (exact) mass is 1060 g/mol. The zero-order chi connectivity index (χ0) is 53.4. The molecule has 0 aliphatic rings. The van der Waals surface area contributed by atoms with E-state index >= 15 is 0 Å². The second-order valence-electron chi connectivity index (χ2n) is 21.0. The van der Waals surface area contributed by atoms with Crippen LogP contribution in [0.2, 0.25) is 50.4 Å². The minimum absolute atomic E-state index is 0.0494. The van der Waals surface area contributed by atoms with Gasteiger partial charge in [-0.25, -0.2) is 4.39 Å². The summed E-state index contributed by atoms with van der Waals surface area (Å²) in [6.45, 7) is 25.8. The zero-order valence-corrected chi connectivity index (χ0v) is 49.8. The molecule has 0 amide bonds. The maximum absolute atomic E-state index is 13.0. The molecule has 0 fully saturated rings. The molecule has 7 aromatic carbocycles. The molecular formula is C63H79FO4SSi4. The van der Waals surface area contributed by atoms with Crippen molar-refractivity contribution >= 4 is 84.4 Å². The summed E-state index contributed by atoms with van der Waals surface area (Å²) in [5, 5.41) is 49.7. The first-order chi connectivity index (χ1) is 34.8. The number of aliphatic hydroxyl groups is 4. The quantitative estimate of drug-likeness (QED) is 0.0819. The summed E-state index contributed by atoms with van der Waals surface area (Å²) in [6.07, 6.45) is 0. The molecule has 1 heterocycles. The lowest BCUT2D eigenvalue weighted by atomic mass is 10.2. The molecule has 0 unspecified atom stereocenters. The Hall–Kier alpha value is -5.12. The SMILES string of the molecule is CC(C)[Si](c1ccccc1)(c1ccccc1CO)C(C)C.C[Si](C)(c1ccc(F)cc1)c1ccccc1CO.C[Si](C)(c1cccs1)c1ccccc1CO.Cc1ccccc1[Si](C)(C)c1ccccc1CO. The number of hydrogen-bond acceptors (Lipinski definition) is 5. The highest BCUT2D eigenvalue weighted by Gasteiger charge is 2.44. The van der Waals surface area contributed by atoms with E-state index in [0.29, 0.717) is 11.1 Å². The number of aryl methyl sites for hydroxylation is 1. The molecule has 384 valence electrons. The minimum atomic E-state index is -1.93. The van der Waals surface area contributed by atoms with Gasteiger partial charge in [-0.1, -0.05) is 264 Å². The Kier molecular flexibility index (Phi) is 21.7. The molecule has 0 bridgehead atoms. The van der Waals surface area contributed by atoms with Gasteiger partial charge in [0.15, 0.2) is 0 Å². The average Bonchev–Trinajstić information content (AvgIpc) is 3.97. The molecule has 0 saturated heterocycles. The van der Waals surface area contributed by atoms with Crippen molar-refractivity contribution in [2.45, 2.75) is 111 Å². The third-order valence-corrected chi connectivity index (χ3v) is 34.3. The van der Waals surface area contributed by atoms with E-state index in [-0.39, 0.29) is 32.2 Å². The van der Waals surface area contributed by atoms with Crippen LogP contribution in [0.15, 0.2) is 193 Å². The van der Waals surface area contributed by atoms with Gasteiger partial charge in [0.2, 0.25) is 0 Å². The van der Waals surface area contributed by atoms with Gasteiger partial charge in [-0.2, -0.15) is 11.3 Å². The van der Waals surface area contributed by atoms with Crippen molar-refractivity contribution in [2.75, 3.05) is 0 Å². The molecule has 1 aromatic heterocycles. The summed E-state index contributed by atoms with van der Waals surface area (Å²) in [4.78, 5) is 0. The van der Waals surface area contributed by atoms with E-state index in [4.69, 9.17) is 0 Å². The Labute approximate surface area is 445 Å². The van der Waals surface area contributed by atoms with E-state index in [9.17, 15) is 24.8 Å². The summed E-state index contributed by atoms with van der Waals surface area (Å²) in [6, 6.07) is 63.5. The fourth-order valence-electron chi connectivity index (χ4n) is 10.9. The number of aliphatic hydroxyl groups excluding tert-OH is 4. The topological polar surface area (TPSA) is 80.9 Å². The Balaban J connectivity index is 0.000000181. The van der Waals surface area contributed by atoms with Crippen LogP contribution in [0.1, 0.15) is 55.5 Å². The number of thiophene rings is 1. The van der Waals surface area contributed by atoms with Crippen molar-refractivity contribution in [1.29, 1.82) is 0 Å². The summed E-state index contributed by atoms with van der Waals surface area (Å²) in [5.41, 5.74) is 6.71. The van der Waals surface area contributed by atoms with Gasteiger partial charge in [-0.15, -0.1) is 0 Å². The molecule has 4 nitrogen and oxygen atoms in total. The molecule has 10 heteroatoms. The van der Waals surface area contributed by atoms with E-state index in [0.717, 1.165) is 22.3 Å². The summed E-state index contributed by atoms with van der Waals surface area (Å²) >= 11 is 1.82. The molecule has 8 aromatic rings. The third kappa shape index (κ3) is 13.8. The van der Waals surface area contributed by atoms with E-state index in [1.807, 2.05) is 72.0 Å². The van der Waals surface area contributed by atoms with Crippen LogP contribution >= 0.6 is 11.3 Å². The highest BCUT2D eigenvalue weighted by Crippen LogP contribution is 2.33. The van der Waals surface area contributed by atoms with Crippen LogP contribution in [-0.2, 0) is 26.4 Å². The maximum atomic E-state index is 13.0. The van der Waals surface area contributed by atoms with E-state index in [1.165, 1.54) is 58.5 Å². The molecule has 0 aliphatic heterocycles. The Morgan fingerprint density at radius 1 is 0.384 bits per heavy atom. The van der Waals surface area contributed by atoms with Crippen LogP contribution in [0.25, 0.3) is 0 Å². The molecule has 8 rings (SSSR count). The number of rotatable bonds is 14. The third-order valence-electron chi connectivity index (χ3n) is 14.8.